The van der Waals surface area contributed by atoms with Gasteiger partial charge in [-0.3, -0.25) is 0 Å². The number of nitrogens with zero attached hydrogens (tertiary/aromatic N) is 3. The van der Waals surface area contributed by atoms with Crippen molar-refractivity contribution >= 4 is 22.6 Å². The van der Waals surface area contributed by atoms with E-state index in [2.05, 4.69) is 15.0 Å². The number of rotatable bonds is 1. The summed E-state index contributed by atoms with van der Waals surface area (Å²) in [7, 11) is 0. The molecule has 82 valence electrons. The quantitative estimate of drug-likeness (QED) is 0.614. The first kappa shape index (κ1) is 10.2. The summed E-state index contributed by atoms with van der Waals surface area (Å²) in [4.78, 5) is 12.6. The predicted molar refractivity (Wildman–Crippen MR) is 67.8 cm³/mol. The van der Waals surface area contributed by atoms with Crippen LogP contribution in [0, 0.1) is 0 Å². The highest BCUT2D eigenvalue weighted by Gasteiger charge is 2.08. The molecule has 17 heavy (non-hydrogen) atoms. The zero-order valence-electron chi connectivity index (χ0n) is 8.84. The molecule has 0 bridgehead atoms. The van der Waals surface area contributed by atoms with E-state index >= 15 is 0 Å². The van der Waals surface area contributed by atoms with Crippen molar-refractivity contribution in [2.75, 3.05) is 0 Å². The van der Waals surface area contributed by atoms with Gasteiger partial charge in [0.15, 0.2) is 5.65 Å². The molecule has 0 atom stereocenters. The predicted octanol–water partition coefficient (Wildman–Crippen LogP) is 3.35. The van der Waals surface area contributed by atoms with Gasteiger partial charge in [0.05, 0.1) is 5.69 Å². The molecule has 3 rings (SSSR count). The Bertz CT molecular complexity index is 668. The fraction of sp³-hybridized carbons (Fsp3) is 0. The van der Waals surface area contributed by atoms with Crippen molar-refractivity contribution < 1.29 is 0 Å². The summed E-state index contributed by atoms with van der Waals surface area (Å²) >= 11 is 5.91. The number of hydrogen-bond acceptors (Lipinski definition) is 3. The molecule has 0 fully saturated rings. The van der Waals surface area contributed by atoms with Gasteiger partial charge in [0.1, 0.15) is 0 Å². The van der Waals surface area contributed by atoms with Crippen LogP contribution in [0.1, 0.15) is 0 Å². The van der Waals surface area contributed by atoms with Crippen LogP contribution in [-0.2, 0) is 0 Å². The Morgan fingerprint density at radius 1 is 0.882 bits per heavy atom. The number of aromatic nitrogens is 3. The van der Waals surface area contributed by atoms with Gasteiger partial charge in [-0.2, -0.15) is 4.98 Å². The number of hydrogen-bond donors (Lipinski definition) is 0. The molecule has 3 aromatic rings. The minimum Gasteiger partial charge on any atom is -0.236 e. The maximum absolute atomic E-state index is 5.91. The molecule has 0 aliphatic rings. The molecule has 0 aliphatic carbocycles. The Morgan fingerprint density at radius 2 is 1.71 bits per heavy atom. The van der Waals surface area contributed by atoms with Crippen LogP contribution in [0.3, 0.4) is 0 Å². The van der Waals surface area contributed by atoms with Gasteiger partial charge in [-0.25, -0.2) is 9.97 Å². The Hall–Kier alpha value is -2.00. The summed E-state index contributed by atoms with van der Waals surface area (Å²) in [5.41, 5.74) is 2.44. The van der Waals surface area contributed by atoms with Crippen LogP contribution in [0.4, 0.5) is 0 Å². The molecule has 3 nitrogen and oxygen atoms in total. The van der Waals surface area contributed by atoms with E-state index in [9.17, 15) is 0 Å². The van der Waals surface area contributed by atoms with Crippen LogP contribution in [-0.4, -0.2) is 15.0 Å². The van der Waals surface area contributed by atoms with Gasteiger partial charge in [-0.15, -0.1) is 0 Å². The second kappa shape index (κ2) is 4.11. The number of halogens is 1. The van der Waals surface area contributed by atoms with Crippen molar-refractivity contribution in [3.8, 4) is 11.3 Å². The smallest absolute Gasteiger partial charge is 0.225 e. The Labute approximate surface area is 103 Å². The summed E-state index contributed by atoms with van der Waals surface area (Å²) in [6.07, 6.45) is 1.69. The fourth-order valence-corrected chi connectivity index (χ4v) is 1.92. The van der Waals surface area contributed by atoms with Crippen molar-refractivity contribution in [1.82, 2.24) is 15.0 Å². The average molecular weight is 242 g/mol. The summed E-state index contributed by atoms with van der Waals surface area (Å²) < 4.78 is 0. The largest absolute Gasteiger partial charge is 0.236 e. The lowest BCUT2D eigenvalue weighted by Crippen LogP contribution is -1.92. The van der Waals surface area contributed by atoms with E-state index in [4.69, 9.17) is 11.6 Å². The van der Waals surface area contributed by atoms with Crippen molar-refractivity contribution in [1.29, 1.82) is 0 Å². The number of fused-ring (bicyclic) bond motifs is 1. The SMILES string of the molecule is Clc1nc(-c2ccccc2)c2cccnc2n1. The Morgan fingerprint density at radius 3 is 2.53 bits per heavy atom. The van der Waals surface area contributed by atoms with Gasteiger partial charge in [0.2, 0.25) is 5.28 Å². The molecular formula is C13H8ClN3. The van der Waals surface area contributed by atoms with Gasteiger partial charge in [-0.05, 0) is 23.7 Å². The average Bonchev–Trinajstić information content (AvgIpc) is 2.39. The zero-order chi connectivity index (χ0) is 11.7. The third-order valence-corrected chi connectivity index (χ3v) is 2.66. The van der Waals surface area contributed by atoms with Crippen molar-refractivity contribution in [2.45, 2.75) is 0 Å². The number of benzene rings is 1. The molecule has 0 amide bonds. The second-order valence-electron chi connectivity index (χ2n) is 3.58. The van der Waals surface area contributed by atoms with Crippen molar-refractivity contribution in [2.24, 2.45) is 0 Å². The monoisotopic (exact) mass is 241 g/mol. The summed E-state index contributed by atoms with van der Waals surface area (Å²) in [6.45, 7) is 0. The second-order valence-corrected chi connectivity index (χ2v) is 3.92. The van der Waals surface area contributed by atoms with E-state index < -0.39 is 0 Å². The lowest BCUT2D eigenvalue weighted by atomic mass is 10.1. The van der Waals surface area contributed by atoms with Gasteiger partial charge in [0.25, 0.3) is 0 Å². The lowest BCUT2D eigenvalue weighted by Gasteiger charge is -2.04. The van der Waals surface area contributed by atoms with Crippen LogP contribution in [0.2, 0.25) is 5.28 Å². The normalized spacial score (nSPS) is 10.6. The van der Waals surface area contributed by atoms with Crippen molar-refractivity contribution in [3.05, 3.63) is 53.9 Å². The molecule has 4 heteroatoms. The summed E-state index contributed by atoms with van der Waals surface area (Å²) in [5.74, 6) is 0. The highest BCUT2D eigenvalue weighted by molar-refractivity contribution is 6.28. The molecule has 2 aromatic heterocycles. The molecular weight excluding hydrogens is 234 g/mol. The van der Waals surface area contributed by atoms with E-state index in [1.807, 2.05) is 42.5 Å². The first-order valence-electron chi connectivity index (χ1n) is 5.18. The molecule has 0 radical (unpaired) electrons. The molecule has 1 aromatic carbocycles. The highest BCUT2D eigenvalue weighted by Crippen LogP contribution is 2.25. The third kappa shape index (κ3) is 1.85. The maximum atomic E-state index is 5.91. The maximum Gasteiger partial charge on any atom is 0.225 e. The van der Waals surface area contributed by atoms with Gasteiger partial charge < -0.3 is 0 Å². The van der Waals surface area contributed by atoms with Crippen LogP contribution in [0.5, 0.6) is 0 Å². The first-order valence-corrected chi connectivity index (χ1v) is 5.56. The third-order valence-electron chi connectivity index (χ3n) is 2.49. The zero-order valence-corrected chi connectivity index (χ0v) is 9.59. The molecule has 0 saturated heterocycles. The van der Waals surface area contributed by atoms with E-state index in [1.54, 1.807) is 6.20 Å². The fourth-order valence-electron chi connectivity index (χ4n) is 1.75. The standard InChI is InChI=1S/C13H8ClN3/c14-13-16-11(9-5-2-1-3-6-9)10-7-4-8-15-12(10)17-13/h1-8H. The van der Waals surface area contributed by atoms with Crippen molar-refractivity contribution in [3.63, 3.8) is 0 Å². The summed E-state index contributed by atoms with van der Waals surface area (Å²) in [5, 5.41) is 1.12. The summed E-state index contributed by atoms with van der Waals surface area (Å²) in [6, 6.07) is 13.7. The van der Waals surface area contributed by atoms with Crippen LogP contribution in [0.25, 0.3) is 22.3 Å². The molecule has 0 saturated carbocycles. The van der Waals surface area contributed by atoms with E-state index in [-0.39, 0.29) is 5.28 Å². The molecule has 0 unspecified atom stereocenters. The van der Waals surface area contributed by atoms with Crippen LogP contribution >= 0.6 is 11.6 Å². The van der Waals surface area contributed by atoms with Gasteiger partial charge in [-0.1, -0.05) is 30.3 Å². The minimum absolute atomic E-state index is 0.218. The van der Waals surface area contributed by atoms with E-state index in [0.29, 0.717) is 5.65 Å². The molecule has 0 aliphatic heterocycles. The Kier molecular flexibility index (Phi) is 2.46. The van der Waals surface area contributed by atoms with Gasteiger partial charge in [0, 0.05) is 17.1 Å². The molecule has 0 N–H and O–H groups in total. The van der Waals surface area contributed by atoms with Crippen LogP contribution in [0.15, 0.2) is 48.7 Å². The topological polar surface area (TPSA) is 38.7 Å². The number of pyridine rings is 1. The highest BCUT2D eigenvalue weighted by atomic mass is 35.5. The molecule has 2 heterocycles. The lowest BCUT2D eigenvalue weighted by molar-refractivity contribution is 1.18. The van der Waals surface area contributed by atoms with E-state index in [1.165, 1.54) is 0 Å². The Balaban J connectivity index is 2.36. The van der Waals surface area contributed by atoms with E-state index in [0.717, 1.165) is 16.6 Å². The van der Waals surface area contributed by atoms with Gasteiger partial charge >= 0.3 is 0 Å². The first-order chi connectivity index (χ1) is 8.34. The van der Waals surface area contributed by atoms with Crippen LogP contribution < -0.4 is 0 Å². The minimum atomic E-state index is 0.218. The molecule has 0 spiro atoms.